The van der Waals surface area contributed by atoms with Crippen molar-refractivity contribution in [3.63, 3.8) is 0 Å². The van der Waals surface area contributed by atoms with Crippen molar-refractivity contribution in [2.45, 2.75) is 31.6 Å². The van der Waals surface area contributed by atoms with Crippen molar-refractivity contribution in [3.8, 4) is 0 Å². The Kier molecular flexibility index (Phi) is 6.99. The van der Waals surface area contributed by atoms with Crippen molar-refractivity contribution >= 4 is 35.4 Å². The highest BCUT2D eigenvalue weighted by Crippen LogP contribution is 2.60. The summed E-state index contributed by atoms with van der Waals surface area (Å²) in [7, 11) is -17.7. The normalized spacial score (nSPS) is 28.5. The van der Waals surface area contributed by atoms with Gasteiger partial charge in [-0.1, -0.05) is 0 Å². The maximum Gasteiger partial charge on any atom is 0.326 e. The number of hydrogen-bond acceptors (Lipinski definition) is 13. The fraction of sp³-hybridized carbons (Fsp3) is 0.778. The van der Waals surface area contributed by atoms with Crippen molar-refractivity contribution in [2.24, 2.45) is 0 Å². The summed E-state index contributed by atoms with van der Waals surface area (Å²) in [6, 6.07) is -0.667. The maximum atomic E-state index is 11.7. The fourth-order valence-electron chi connectivity index (χ4n) is 2.35. The molecule has 0 aromatic heterocycles. The van der Waals surface area contributed by atoms with Gasteiger partial charge in [0.05, 0.1) is 20.5 Å². The van der Waals surface area contributed by atoms with Gasteiger partial charge in [-0.05, 0) is 12.8 Å². The Morgan fingerprint density at radius 1 is 1.07 bits per heavy atom. The summed E-state index contributed by atoms with van der Waals surface area (Å²) in [5.74, 6) is -0.441. The number of urea groups is 1. The van der Waals surface area contributed by atoms with Crippen molar-refractivity contribution in [1.29, 1.82) is 0 Å². The van der Waals surface area contributed by atoms with Gasteiger partial charge < -0.3 is 33.4 Å². The first-order valence-electron chi connectivity index (χ1n) is 7.24. The predicted octanol–water partition coefficient (Wildman–Crippen LogP) is -2.75. The molecule has 2 saturated heterocycles. The quantitative estimate of drug-likeness (QED) is 0.370. The average molecular weight is 450 g/mol. The lowest BCUT2D eigenvalue weighted by Crippen LogP contribution is -2.53. The van der Waals surface area contributed by atoms with Crippen LogP contribution >= 0.6 is 23.5 Å². The van der Waals surface area contributed by atoms with E-state index < -0.39 is 54.3 Å². The van der Waals surface area contributed by atoms with Gasteiger partial charge in [0.25, 0.3) is 15.6 Å². The van der Waals surface area contributed by atoms with Gasteiger partial charge >= 0.3 is 6.03 Å². The summed E-state index contributed by atoms with van der Waals surface area (Å²) in [4.78, 5) is 66.9. The zero-order chi connectivity index (χ0) is 20.5. The standard InChI is InChI=1S/C9H17N2O13P3/c12-7-3-4-11(9(13)10-7)8-2-1-6(22-8)5-21-26(17,18)24-27(19,20)23-25(14,15)16/h6,8H,1-5H2,(H,17,18)(H,19,20)(H,10,12,13)(H2,14,15,16)/p-4/t6-,8+/m0/s1. The number of carbonyl (C=O) groups excluding carboxylic acids is 2. The van der Waals surface area contributed by atoms with E-state index in [1.54, 1.807) is 0 Å². The third-order valence-corrected chi connectivity index (χ3v) is 7.00. The molecular weight excluding hydrogens is 437 g/mol. The number of carbonyl (C=O) groups is 2. The van der Waals surface area contributed by atoms with Crippen molar-refractivity contribution in [1.82, 2.24) is 10.2 Å². The molecule has 156 valence electrons. The van der Waals surface area contributed by atoms with Crippen LogP contribution in [-0.2, 0) is 36.4 Å². The average Bonchev–Trinajstić information content (AvgIpc) is 2.90. The second-order valence-electron chi connectivity index (χ2n) is 5.39. The van der Waals surface area contributed by atoms with E-state index in [0.717, 1.165) is 0 Å². The summed E-state index contributed by atoms with van der Waals surface area (Å²) in [5, 5.41) is 2.09. The summed E-state index contributed by atoms with van der Waals surface area (Å²) < 4.78 is 48.8. The monoisotopic (exact) mass is 450 g/mol. The van der Waals surface area contributed by atoms with Gasteiger partial charge in [-0.15, -0.1) is 0 Å². The highest BCUT2D eigenvalue weighted by atomic mass is 31.3. The molecule has 18 heteroatoms. The molecule has 2 unspecified atom stereocenters. The minimum absolute atomic E-state index is 0.0679. The number of amides is 3. The van der Waals surface area contributed by atoms with E-state index in [1.165, 1.54) is 4.90 Å². The van der Waals surface area contributed by atoms with Gasteiger partial charge in [-0.2, -0.15) is 0 Å². The molecule has 0 aromatic carbocycles. The Labute approximate surface area is 152 Å². The molecule has 0 aromatic rings. The molecule has 1 N–H and O–H groups in total. The Bertz CT molecular complexity index is 737. The molecule has 2 heterocycles. The molecule has 0 radical (unpaired) electrons. The Morgan fingerprint density at radius 2 is 1.74 bits per heavy atom. The Balaban J connectivity index is 1.83. The molecule has 0 spiro atoms. The fourth-order valence-corrected chi connectivity index (χ4v) is 5.23. The molecule has 0 saturated carbocycles. The lowest BCUT2D eigenvalue weighted by atomic mass is 10.2. The second-order valence-corrected chi connectivity index (χ2v) is 9.64. The van der Waals surface area contributed by atoms with E-state index in [4.69, 9.17) is 4.74 Å². The molecule has 27 heavy (non-hydrogen) atoms. The van der Waals surface area contributed by atoms with Crippen molar-refractivity contribution in [2.75, 3.05) is 13.2 Å². The predicted molar refractivity (Wildman–Crippen MR) is 73.7 cm³/mol. The van der Waals surface area contributed by atoms with E-state index in [0.29, 0.717) is 6.42 Å². The largest absolute Gasteiger partial charge is 0.790 e. The van der Waals surface area contributed by atoms with Crippen LogP contribution in [0.15, 0.2) is 0 Å². The molecule has 4 atom stereocenters. The van der Waals surface area contributed by atoms with Crippen LogP contribution in [0.2, 0.25) is 0 Å². The molecule has 15 nitrogen and oxygen atoms in total. The Hall–Kier alpha value is -0.690. The molecule has 2 rings (SSSR count). The number of hydrogen-bond donors (Lipinski definition) is 1. The van der Waals surface area contributed by atoms with Gasteiger partial charge in [0.15, 0.2) is 0 Å². The number of nitrogens with zero attached hydrogens (tertiary/aromatic N) is 1. The molecule has 2 fully saturated rings. The number of ether oxygens (including phenoxy) is 1. The zero-order valence-corrected chi connectivity index (χ0v) is 16.0. The van der Waals surface area contributed by atoms with Crippen LogP contribution in [0, 0.1) is 0 Å². The number of phosphoric acid groups is 3. The van der Waals surface area contributed by atoms with Crippen molar-refractivity contribution < 1.29 is 60.7 Å². The van der Waals surface area contributed by atoms with Gasteiger partial charge in [0, 0.05) is 13.0 Å². The summed E-state index contributed by atoms with van der Waals surface area (Å²) in [5.41, 5.74) is 0. The lowest BCUT2D eigenvalue weighted by Gasteiger charge is -2.37. The molecular formula is C9H13N2O13P3-4. The van der Waals surface area contributed by atoms with E-state index in [2.05, 4.69) is 18.5 Å². The smallest absolute Gasteiger partial charge is 0.326 e. The van der Waals surface area contributed by atoms with E-state index in [9.17, 15) is 42.9 Å². The van der Waals surface area contributed by atoms with Crippen LogP contribution in [-0.4, -0.2) is 42.3 Å². The first-order chi connectivity index (χ1) is 12.3. The third kappa shape index (κ3) is 7.33. The zero-order valence-electron chi connectivity index (χ0n) is 13.3. The summed E-state index contributed by atoms with van der Waals surface area (Å²) in [6.07, 6.45) is -1.04. The number of phosphoric ester groups is 1. The summed E-state index contributed by atoms with van der Waals surface area (Å²) >= 11 is 0. The molecule has 2 aliphatic heterocycles. The van der Waals surface area contributed by atoms with Crippen LogP contribution in [0.4, 0.5) is 4.79 Å². The number of nitrogens with one attached hydrogen (secondary N) is 1. The van der Waals surface area contributed by atoms with E-state index in [1.807, 2.05) is 0 Å². The Morgan fingerprint density at radius 3 is 2.33 bits per heavy atom. The maximum absolute atomic E-state index is 11.7. The molecule has 0 bridgehead atoms. The van der Waals surface area contributed by atoms with Gasteiger partial charge in [-0.25, -0.2) is 9.11 Å². The van der Waals surface area contributed by atoms with E-state index in [-0.39, 0.29) is 19.4 Å². The van der Waals surface area contributed by atoms with Gasteiger partial charge in [0.1, 0.15) is 6.23 Å². The second kappa shape index (κ2) is 8.36. The lowest BCUT2D eigenvalue weighted by molar-refractivity contribution is -0.339. The van der Waals surface area contributed by atoms with E-state index >= 15 is 0 Å². The molecule has 3 amide bonds. The minimum Gasteiger partial charge on any atom is -0.790 e. The third-order valence-electron chi connectivity index (χ3n) is 3.34. The van der Waals surface area contributed by atoms with Crippen LogP contribution in [0.5, 0.6) is 0 Å². The van der Waals surface area contributed by atoms with Crippen LogP contribution in [0.25, 0.3) is 0 Å². The molecule has 2 aliphatic rings. The first kappa shape index (κ1) is 22.6. The highest BCUT2D eigenvalue weighted by molar-refractivity contribution is 7.64. The number of imide groups is 1. The van der Waals surface area contributed by atoms with Crippen LogP contribution in [0.3, 0.4) is 0 Å². The number of rotatable bonds is 8. The van der Waals surface area contributed by atoms with Crippen LogP contribution in [0.1, 0.15) is 19.3 Å². The first-order valence-corrected chi connectivity index (χ1v) is 11.6. The van der Waals surface area contributed by atoms with Gasteiger partial charge in [-0.3, -0.25) is 28.5 Å². The van der Waals surface area contributed by atoms with Crippen LogP contribution < -0.4 is 24.9 Å². The summed E-state index contributed by atoms with van der Waals surface area (Å²) in [6.45, 7) is -0.606. The topological polar surface area (TPSA) is 230 Å². The minimum atomic E-state index is -6.06. The SMILES string of the molecule is O=C1CCN([C@H]2CC[C@@H](COP(=O)([O-])OP(=O)([O-])OP(=O)([O-])[O-])O2)C(=O)N1. The van der Waals surface area contributed by atoms with Crippen molar-refractivity contribution in [3.05, 3.63) is 0 Å². The molecule has 0 aliphatic carbocycles. The van der Waals surface area contributed by atoms with Gasteiger partial charge in [0.2, 0.25) is 5.91 Å². The highest BCUT2D eigenvalue weighted by Gasteiger charge is 2.36.